The number of piperidine rings is 1. The Morgan fingerprint density at radius 1 is 1.25 bits per heavy atom. The molecule has 1 N–H and O–H groups in total. The van der Waals surface area contributed by atoms with E-state index in [2.05, 4.69) is 47.5 Å². The number of nitrogens with one attached hydrogen (secondary N) is 1. The van der Waals surface area contributed by atoms with Crippen LogP contribution >= 0.6 is 0 Å². The van der Waals surface area contributed by atoms with Crippen molar-refractivity contribution in [2.45, 2.75) is 51.5 Å². The molecule has 1 heterocycles. The minimum Gasteiger partial charge on any atom is -0.335 e. The van der Waals surface area contributed by atoms with Crippen LogP contribution in [0.3, 0.4) is 0 Å². The van der Waals surface area contributed by atoms with E-state index >= 15 is 0 Å². The van der Waals surface area contributed by atoms with Crippen LogP contribution in [0.2, 0.25) is 0 Å². The summed E-state index contributed by atoms with van der Waals surface area (Å²) >= 11 is 0. The van der Waals surface area contributed by atoms with Crippen LogP contribution in [0.15, 0.2) is 30.3 Å². The van der Waals surface area contributed by atoms with E-state index in [-0.39, 0.29) is 12.0 Å². The van der Waals surface area contributed by atoms with Crippen LogP contribution in [0.5, 0.6) is 0 Å². The molecule has 130 valence electrons. The van der Waals surface area contributed by atoms with Crippen LogP contribution in [-0.4, -0.2) is 30.4 Å². The van der Waals surface area contributed by atoms with Crippen molar-refractivity contribution in [3.8, 4) is 0 Å². The van der Waals surface area contributed by atoms with Gasteiger partial charge in [0.05, 0.1) is 6.04 Å². The third kappa shape index (κ3) is 2.99. The highest BCUT2D eigenvalue weighted by molar-refractivity contribution is 5.83. The Hall–Kier alpha value is -1.35. The molecule has 1 aromatic rings. The number of carbonyl (C=O) groups excluding carboxylic acids is 1. The number of carbonyl (C=O) groups is 1. The molecule has 3 heteroatoms. The zero-order chi connectivity index (χ0) is 16.6. The molecule has 3 aliphatic rings. The van der Waals surface area contributed by atoms with E-state index in [4.69, 9.17) is 0 Å². The Morgan fingerprint density at radius 2 is 1.96 bits per heavy atom. The summed E-state index contributed by atoms with van der Waals surface area (Å²) in [7, 11) is 0. The Bertz CT molecular complexity index is 575. The van der Waals surface area contributed by atoms with Gasteiger partial charge >= 0.3 is 0 Å². The van der Waals surface area contributed by atoms with Gasteiger partial charge in [-0.2, -0.15) is 0 Å². The van der Waals surface area contributed by atoms with Gasteiger partial charge in [-0.05, 0) is 69.0 Å². The Balaban J connectivity index is 1.50. The molecule has 0 aromatic heterocycles. The highest BCUT2D eigenvalue weighted by Crippen LogP contribution is 2.59. The zero-order valence-electron chi connectivity index (χ0n) is 14.8. The monoisotopic (exact) mass is 326 g/mol. The number of benzene rings is 1. The molecule has 3 nitrogen and oxygen atoms in total. The van der Waals surface area contributed by atoms with Crippen molar-refractivity contribution in [3.05, 3.63) is 35.9 Å². The predicted molar refractivity (Wildman–Crippen MR) is 96.6 cm³/mol. The summed E-state index contributed by atoms with van der Waals surface area (Å²) < 4.78 is 0. The van der Waals surface area contributed by atoms with E-state index in [0.29, 0.717) is 11.3 Å². The molecule has 0 bridgehead atoms. The minimum absolute atomic E-state index is 0.193. The lowest BCUT2D eigenvalue weighted by atomic mass is 9.84. The topological polar surface area (TPSA) is 32.3 Å². The number of rotatable bonds is 5. The fraction of sp³-hybridized carbons (Fsp3) is 0.667. The normalized spacial score (nSPS) is 26.6. The first-order valence-corrected chi connectivity index (χ1v) is 9.76. The molecular formula is C21H30N2O. The maximum Gasteiger partial charge on any atom is 0.226 e. The summed E-state index contributed by atoms with van der Waals surface area (Å²) in [4.78, 5) is 15.6. The molecule has 0 radical (unpaired) electrons. The van der Waals surface area contributed by atoms with Gasteiger partial charge in [-0.3, -0.25) is 4.79 Å². The highest BCUT2D eigenvalue weighted by atomic mass is 16.2. The molecule has 1 aliphatic heterocycles. The highest BCUT2D eigenvalue weighted by Gasteiger charge is 2.59. The first-order valence-electron chi connectivity index (χ1n) is 9.76. The Morgan fingerprint density at radius 3 is 2.58 bits per heavy atom. The lowest BCUT2D eigenvalue weighted by Gasteiger charge is -2.37. The van der Waals surface area contributed by atoms with Crippen molar-refractivity contribution in [1.82, 2.24) is 10.2 Å². The average Bonchev–Trinajstić information content (AvgIpc) is 3.27. The van der Waals surface area contributed by atoms with Crippen LogP contribution in [0, 0.1) is 17.3 Å². The summed E-state index contributed by atoms with van der Waals surface area (Å²) in [6, 6.07) is 10.8. The molecular weight excluding hydrogens is 296 g/mol. The molecule has 3 fully saturated rings. The SMILES string of the molecule is CC(c1ccccc1)N(CC1CCC1)C(=O)C1CC12CCNCC2. The molecule has 4 rings (SSSR count). The molecule has 1 spiro atoms. The van der Waals surface area contributed by atoms with Crippen molar-refractivity contribution in [2.75, 3.05) is 19.6 Å². The molecule has 2 unspecified atom stereocenters. The van der Waals surface area contributed by atoms with Gasteiger partial charge in [0.2, 0.25) is 5.91 Å². The standard InChI is InChI=1S/C21H30N2O/c1-16(18-8-3-2-4-9-18)23(15-17-6-5-7-17)20(24)19-14-21(19)10-12-22-13-11-21/h2-4,8-9,16-17,19,22H,5-7,10-15H2,1H3. The molecule has 2 atom stereocenters. The maximum absolute atomic E-state index is 13.4. The summed E-state index contributed by atoms with van der Waals surface area (Å²) in [5.74, 6) is 1.44. The average molecular weight is 326 g/mol. The van der Waals surface area contributed by atoms with Gasteiger partial charge in [0.1, 0.15) is 0 Å². The van der Waals surface area contributed by atoms with E-state index < -0.39 is 0 Å². The van der Waals surface area contributed by atoms with Gasteiger partial charge in [-0.1, -0.05) is 36.8 Å². The van der Waals surface area contributed by atoms with Crippen LogP contribution in [0.1, 0.15) is 57.1 Å². The van der Waals surface area contributed by atoms with Gasteiger partial charge in [-0.25, -0.2) is 0 Å². The molecule has 2 aliphatic carbocycles. The van der Waals surface area contributed by atoms with Gasteiger partial charge in [0.25, 0.3) is 0 Å². The van der Waals surface area contributed by atoms with Gasteiger partial charge in [-0.15, -0.1) is 0 Å². The van der Waals surface area contributed by atoms with Gasteiger partial charge in [0, 0.05) is 12.5 Å². The zero-order valence-corrected chi connectivity index (χ0v) is 14.8. The Kier molecular flexibility index (Phi) is 4.38. The van der Waals surface area contributed by atoms with E-state index in [1.54, 1.807) is 0 Å². The van der Waals surface area contributed by atoms with Crippen LogP contribution in [0.25, 0.3) is 0 Å². The maximum atomic E-state index is 13.4. The summed E-state index contributed by atoms with van der Waals surface area (Å²) in [5, 5.41) is 3.44. The van der Waals surface area contributed by atoms with Crippen LogP contribution in [-0.2, 0) is 4.79 Å². The third-order valence-electron chi connectivity index (χ3n) is 6.80. The smallest absolute Gasteiger partial charge is 0.226 e. The second-order valence-electron chi connectivity index (χ2n) is 8.24. The third-order valence-corrected chi connectivity index (χ3v) is 6.80. The van der Waals surface area contributed by atoms with Gasteiger partial charge < -0.3 is 10.2 Å². The summed E-state index contributed by atoms with van der Waals surface area (Å²) in [5.41, 5.74) is 1.60. The molecule has 2 saturated carbocycles. The molecule has 24 heavy (non-hydrogen) atoms. The predicted octanol–water partition coefficient (Wildman–Crippen LogP) is 3.77. The summed E-state index contributed by atoms with van der Waals surface area (Å²) in [6.45, 7) is 5.34. The number of amides is 1. The van der Waals surface area contributed by atoms with Crippen LogP contribution < -0.4 is 5.32 Å². The lowest BCUT2D eigenvalue weighted by Crippen LogP contribution is -2.41. The fourth-order valence-corrected chi connectivity index (χ4v) is 4.68. The van der Waals surface area contributed by atoms with E-state index in [0.717, 1.165) is 32.0 Å². The first-order chi connectivity index (χ1) is 11.7. The summed E-state index contributed by atoms with van der Waals surface area (Å²) in [6.07, 6.45) is 7.42. The minimum atomic E-state index is 0.193. The number of nitrogens with zero attached hydrogens (tertiary/aromatic N) is 1. The quantitative estimate of drug-likeness (QED) is 0.893. The van der Waals surface area contributed by atoms with Crippen molar-refractivity contribution >= 4 is 5.91 Å². The van der Waals surface area contributed by atoms with Crippen LogP contribution in [0.4, 0.5) is 0 Å². The second-order valence-corrected chi connectivity index (χ2v) is 8.24. The van der Waals surface area contributed by atoms with E-state index in [9.17, 15) is 4.79 Å². The number of hydrogen-bond acceptors (Lipinski definition) is 2. The lowest BCUT2D eigenvalue weighted by molar-refractivity contribution is -0.137. The van der Waals surface area contributed by atoms with Crippen molar-refractivity contribution in [1.29, 1.82) is 0 Å². The van der Waals surface area contributed by atoms with E-state index in [1.807, 2.05) is 0 Å². The second kappa shape index (κ2) is 6.51. The molecule has 1 aromatic carbocycles. The number of hydrogen-bond donors (Lipinski definition) is 1. The van der Waals surface area contributed by atoms with Gasteiger partial charge in [0.15, 0.2) is 0 Å². The Labute approximate surface area is 145 Å². The van der Waals surface area contributed by atoms with Crippen molar-refractivity contribution < 1.29 is 4.79 Å². The van der Waals surface area contributed by atoms with E-state index in [1.165, 1.54) is 37.7 Å². The van der Waals surface area contributed by atoms with Crippen molar-refractivity contribution in [2.24, 2.45) is 17.3 Å². The first kappa shape index (κ1) is 16.1. The molecule has 1 amide bonds. The fourth-order valence-electron chi connectivity index (χ4n) is 4.68. The largest absolute Gasteiger partial charge is 0.335 e. The molecule has 1 saturated heterocycles. The van der Waals surface area contributed by atoms with Crippen molar-refractivity contribution in [3.63, 3.8) is 0 Å².